The van der Waals surface area contributed by atoms with Crippen LogP contribution in [0.15, 0.2) is 23.2 Å². The van der Waals surface area contributed by atoms with Crippen molar-refractivity contribution in [1.29, 1.82) is 0 Å². The molecule has 4 heteroatoms. The fourth-order valence-corrected chi connectivity index (χ4v) is 1.95. The van der Waals surface area contributed by atoms with Crippen LogP contribution in [0.1, 0.15) is 24.1 Å². The first kappa shape index (κ1) is 13.1. The van der Waals surface area contributed by atoms with E-state index in [1.165, 1.54) is 0 Å². The Bertz CT molecular complexity index is 386. The summed E-state index contributed by atoms with van der Waals surface area (Å²) < 4.78 is 0. The number of nitrogens with two attached hydrogens (primary N) is 2. The maximum Gasteiger partial charge on any atom is 0.110 e. The monoisotopic (exact) mass is 237 g/mol. The van der Waals surface area contributed by atoms with E-state index in [4.69, 9.17) is 11.5 Å². The van der Waals surface area contributed by atoms with Gasteiger partial charge in [-0.3, -0.25) is 0 Å². The molecule has 16 heavy (non-hydrogen) atoms. The van der Waals surface area contributed by atoms with Crippen molar-refractivity contribution in [2.45, 2.75) is 19.9 Å². The summed E-state index contributed by atoms with van der Waals surface area (Å²) >= 11 is 1.66. The van der Waals surface area contributed by atoms with Crippen LogP contribution in [0.25, 0.3) is 0 Å². The molecule has 0 saturated heterocycles. The summed E-state index contributed by atoms with van der Waals surface area (Å²) in [5, 5.41) is 0. The fraction of sp³-hybridized carbons (Fsp3) is 0.417. The Balaban J connectivity index is 3.06. The lowest BCUT2D eigenvalue weighted by atomic mass is 10.0. The Morgan fingerprint density at radius 1 is 1.50 bits per heavy atom. The van der Waals surface area contributed by atoms with Crippen LogP contribution in [-0.4, -0.2) is 17.8 Å². The van der Waals surface area contributed by atoms with Crippen molar-refractivity contribution in [2.24, 2.45) is 16.5 Å². The van der Waals surface area contributed by atoms with Gasteiger partial charge in [0.1, 0.15) is 5.84 Å². The van der Waals surface area contributed by atoms with Gasteiger partial charge in [-0.25, -0.2) is 4.99 Å². The van der Waals surface area contributed by atoms with Crippen molar-refractivity contribution in [3.8, 4) is 0 Å². The highest BCUT2D eigenvalue weighted by Gasteiger charge is 2.06. The summed E-state index contributed by atoms with van der Waals surface area (Å²) in [7, 11) is 0. The predicted octanol–water partition coefficient (Wildman–Crippen LogP) is 2.37. The highest BCUT2D eigenvalue weighted by Crippen LogP contribution is 2.25. The third-order valence-corrected chi connectivity index (χ3v) is 2.98. The molecule has 0 aliphatic carbocycles. The van der Waals surface area contributed by atoms with Crippen molar-refractivity contribution in [1.82, 2.24) is 0 Å². The maximum absolute atomic E-state index is 5.89. The van der Waals surface area contributed by atoms with Crippen LogP contribution < -0.4 is 11.5 Å². The van der Waals surface area contributed by atoms with Crippen molar-refractivity contribution >= 4 is 23.3 Å². The van der Waals surface area contributed by atoms with Crippen LogP contribution >= 0.6 is 11.8 Å². The van der Waals surface area contributed by atoms with Crippen LogP contribution in [0.5, 0.6) is 0 Å². The highest BCUT2D eigenvalue weighted by atomic mass is 32.2. The molecule has 1 aromatic carbocycles. The largest absolute Gasteiger partial charge is 0.386 e. The molecule has 0 bridgehead atoms. The Kier molecular flexibility index (Phi) is 4.83. The lowest BCUT2D eigenvalue weighted by molar-refractivity contribution is 0.810. The third kappa shape index (κ3) is 3.25. The van der Waals surface area contributed by atoms with E-state index in [0.717, 1.165) is 22.6 Å². The molecule has 1 rings (SSSR count). The van der Waals surface area contributed by atoms with Crippen LogP contribution in [0.3, 0.4) is 0 Å². The molecule has 0 saturated carbocycles. The number of rotatable bonds is 4. The molecular weight excluding hydrogens is 218 g/mol. The van der Waals surface area contributed by atoms with Gasteiger partial charge in [0.2, 0.25) is 0 Å². The quantitative estimate of drug-likeness (QED) is 0.624. The second kappa shape index (κ2) is 5.92. The zero-order valence-electron chi connectivity index (χ0n) is 10.0. The molecule has 88 valence electrons. The van der Waals surface area contributed by atoms with E-state index in [1.54, 1.807) is 11.8 Å². The first-order chi connectivity index (χ1) is 7.56. The van der Waals surface area contributed by atoms with Crippen LogP contribution in [-0.2, 0) is 0 Å². The zero-order chi connectivity index (χ0) is 12.1. The minimum Gasteiger partial charge on any atom is -0.386 e. The molecule has 4 N–H and O–H groups in total. The topological polar surface area (TPSA) is 64.4 Å². The van der Waals surface area contributed by atoms with E-state index < -0.39 is 0 Å². The van der Waals surface area contributed by atoms with Crippen LogP contribution in [0, 0.1) is 6.92 Å². The minimum atomic E-state index is 0.0249. The van der Waals surface area contributed by atoms with Gasteiger partial charge < -0.3 is 11.5 Å². The van der Waals surface area contributed by atoms with Gasteiger partial charge in [0.05, 0.1) is 11.4 Å². The molecule has 1 unspecified atom stereocenters. The van der Waals surface area contributed by atoms with Gasteiger partial charge >= 0.3 is 0 Å². The summed E-state index contributed by atoms with van der Waals surface area (Å²) in [4.78, 5) is 4.41. The number of aliphatic imine (C=N–C) groups is 1. The van der Waals surface area contributed by atoms with Gasteiger partial charge in [-0.05, 0) is 37.3 Å². The number of hydrogen-bond donors (Lipinski definition) is 2. The molecule has 0 aliphatic heterocycles. The van der Waals surface area contributed by atoms with E-state index in [1.807, 2.05) is 38.3 Å². The van der Waals surface area contributed by atoms with Gasteiger partial charge in [-0.15, -0.1) is 0 Å². The fourth-order valence-electron chi connectivity index (χ4n) is 1.59. The second-order valence-corrected chi connectivity index (χ2v) is 4.68. The summed E-state index contributed by atoms with van der Waals surface area (Å²) in [6, 6.07) is 5.99. The minimum absolute atomic E-state index is 0.0249. The first-order valence-corrected chi connectivity index (χ1v) is 6.62. The maximum atomic E-state index is 5.89. The predicted molar refractivity (Wildman–Crippen MR) is 73.4 cm³/mol. The van der Waals surface area contributed by atoms with E-state index in [0.29, 0.717) is 5.84 Å². The van der Waals surface area contributed by atoms with Gasteiger partial charge in [-0.1, -0.05) is 12.1 Å². The average molecular weight is 237 g/mol. The summed E-state index contributed by atoms with van der Waals surface area (Å²) in [6.07, 6.45) is 2.01. The lowest BCUT2D eigenvalue weighted by Crippen LogP contribution is -2.14. The molecule has 0 radical (unpaired) electrons. The highest BCUT2D eigenvalue weighted by molar-refractivity contribution is 7.99. The Hall–Kier alpha value is -1.00. The van der Waals surface area contributed by atoms with Gasteiger partial charge in [0.15, 0.2) is 0 Å². The summed E-state index contributed by atoms with van der Waals surface area (Å²) in [6.45, 7) is 4.00. The number of benzene rings is 1. The van der Waals surface area contributed by atoms with Gasteiger partial charge in [0, 0.05) is 6.04 Å². The van der Waals surface area contributed by atoms with Crippen molar-refractivity contribution < 1.29 is 0 Å². The number of nitrogens with zero attached hydrogens (tertiary/aromatic N) is 1. The van der Waals surface area contributed by atoms with Gasteiger partial charge in [0.25, 0.3) is 0 Å². The molecule has 0 aliphatic rings. The number of hydrogen-bond acceptors (Lipinski definition) is 3. The second-order valence-electron chi connectivity index (χ2n) is 3.82. The van der Waals surface area contributed by atoms with Crippen molar-refractivity contribution in [2.75, 3.05) is 12.0 Å². The number of thioether (sulfide) groups is 1. The van der Waals surface area contributed by atoms with Crippen LogP contribution in [0.2, 0.25) is 0 Å². The molecule has 1 aromatic rings. The number of amidine groups is 1. The van der Waals surface area contributed by atoms with Crippen molar-refractivity contribution in [3.05, 3.63) is 29.3 Å². The summed E-state index contributed by atoms with van der Waals surface area (Å²) in [5.74, 6) is 1.40. The first-order valence-electron chi connectivity index (χ1n) is 5.23. The molecule has 0 heterocycles. The van der Waals surface area contributed by atoms with Crippen molar-refractivity contribution in [3.63, 3.8) is 0 Å². The van der Waals surface area contributed by atoms with E-state index >= 15 is 0 Å². The van der Waals surface area contributed by atoms with Gasteiger partial charge in [-0.2, -0.15) is 11.8 Å². The average Bonchev–Trinajstić information content (AvgIpc) is 2.21. The SMILES string of the molecule is CSCC(N)=Nc1cccc(C(C)N)c1C. The van der Waals surface area contributed by atoms with Crippen LogP contribution in [0.4, 0.5) is 5.69 Å². The molecular formula is C12H19N3S. The molecule has 3 nitrogen and oxygen atoms in total. The molecule has 0 amide bonds. The molecule has 0 spiro atoms. The normalized spacial score (nSPS) is 13.9. The Labute approximate surface area is 101 Å². The smallest absolute Gasteiger partial charge is 0.110 e. The van der Waals surface area contributed by atoms with E-state index in [2.05, 4.69) is 4.99 Å². The van der Waals surface area contributed by atoms with E-state index in [-0.39, 0.29) is 6.04 Å². The van der Waals surface area contributed by atoms with E-state index in [9.17, 15) is 0 Å². The zero-order valence-corrected chi connectivity index (χ0v) is 10.8. The Morgan fingerprint density at radius 2 is 2.19 bits per heavy atom. The molecule has 0 aromatic heterocycles. The summed E-state index contributed by atoms with van der Waals surface area (Å²) in [5.41, 5.74) is 14.9. The Morgan fingerprint density at radius 3 is 2.75 bits per heavy atom. The standard InChI is InChI=1S/C12H19N3S/c1-8-10(9(2)13)5-4-6-11(8)15-12(14)7-16-3/h4-6,9H,7,13H2,1-3H3,(H2,14,15). The molecule has 0 fully saturated rings. The lowest BCUT2D eigenvalue weighted by Gasteiger charge is -2.11. The third-order valence-electron chi connectivity index (χ3n) is 2.39. The molecule has 1 atom stereocenters.